The van der Waals surface area contributed by atoms with Crippen LogP contribution in [0, 0.1) is 17.5 Å². The van der Waals surface area contributed by atoms with Gasteiger partial charge in [0.05, 0.1) is 5.69 Å². The molecule has 0 saturated carbocycles. The number of hydrogen-bond acceptors (Lipinski definition) is 2. The number of amides is 1. The fraction of sp³-hybridized carbons (Fsp3) is 0.360. The smallest absolute Gasteiger partial charge is 0.274 e. The Balaban J connectivity index is 1.58. The van der Waals surface area contributed by atoms with Crippen LogP contribution in [0.2, 0.25) is 0 Å². The quantitative estimate of drug-likeness (QED) is 0.561. The molecule has 0 spiro atoms. The standard InChI is InChI=1S/C25H24F3N3O/c26-18-6-4-5-16(14-18)13-17-7-9-20-23(25(32)30-11-2-1-3-12-30)29-31(24(17)20)22-10-8-19(27)15-21(22)28/h4-6,8,10,14-15,17H,1-3,7,9,11-13H2. The molecule has 0 bridgehead atoms. The lowest BCUT2D eigenvalue weighted by atomic mass is 9.97. The van der Waals surface area contributed by atoms with Crippen molar-refractivity contribution in [3.63, 3.8) is 0 Å². The van der Waals surface area contributed by atoms with Gasteiger partial charge in [0.2, 0.25) is 0 Å². The van der Waals surface area contributed by atoms with E-state index >= 15 is 0 Å². The molecular formula is C25H24F3N3O. The number of fused-ring (bicyclic) bond motifs is 1. The maximum Gasteiger partial charge on any atom is 0.274 e. The zero-order chi connectivity index (χ0) is 22.2. The number of rotatable bonds is 4. The second kappa shape index (κ2) is 8.45. The van der Waals surface area contributed by atoms with Gasteiger partial charge in [-0.1, -0.05) is 12.1 Å². The summed E-state index contributed by atoms with van der Waals surface area (Å²) in [6.07, 6.45) is 4.98. The molecule has 0 N–H and O–H groups in total. The van der Waals surface area contributed by atoms with Crippen LogP contribution < -0.4 is 0 Å². The second-order valence-electron chi connectivity index (χ2n) is 8.64. The maximum absolute atomic E-state index is 14.7. The minimum absolute atomic E-state index is 0.0494. The lowest BCUT2D eigenvalue weighted by Gasteiger charge is -2.26. The molecule has 0 radical (unpaired) electrons. The fourth-order valence-corrected chi connectivity index (χ4v) is 4.99. The molecule has 2 aromatic carbocycles. The van der Waals surface area contributed by atoms with Crippen LogP contribution >= 0.6 is 0 Å². The molecule has 1 unspecified atom stereocenters. The van der Waals surface area contributed by atoms with E-state index in [1.165, 1.54) is 28.9 Å². The van der Waals surface area contributed by atoms with Crippen molar-refractivity contribution in [1.82, 2.24) is 14.7 Å². The van der Waals surface area contributed by atoms with E-state index in [-0.39, 0.29) is 23.3 Å². The first-order chi connectivity index (χ1) is 15.5. The van der Waals surface area contributed by atoms with Gasteiger partial charge in [0.25, 0.3) is 5.91 Å². The zero-order valence-electron chi connectivity index (χ0n) is 17.7. The van der Waals surface area contributed by atoms with Gasteiger partial charge in [0.15, 0.2) is 11.5 Å². The van der Waals surface area contributed by atoms with Gasteiger partial charge < -0.3 is 4.90 Å². The van der Waals surface area contributed by atoms with E-state index in [9.17, 15) is 18.0 Å². The van der Waals surface area contributed by atoms with Crippen LogP contribution in [0.1, 0.15) is 58.9 Å². The number of halogens is 3. The molecule has 1 fully saturated rings. The molecule has 1 aliphatic heterocycles. The van der Waals surface area contributed by atoms with Crippen molar-refractivity contribution in [2.45, 2.75) is 44.4 Å². The van der Waals surface area contributed by atoms with Crippen LogP contribution in [0.4, 0.5) is 13.2 Å². The number of likely N-dealkylation sites (tertiary alicyclic amines) is 1. The highest BCUT2D eigenvalue weighted by Gasteiger charge is 2.35. The highest BCUT2D eigenvalue weighted by molar-refractivity contribution is 5.94. The fourth-order valence-electron chi connectivity index (χ4n) is 4.99. The Bertz CT molecular complexity index is 1170. The number of benzene rings is 2. The molecule has 7 heteroatoms. The first-order valence-electron chi connectivity index (χ1n) is 11.1. The van der Waals surface area contributed by atoms with Gasteiger partial charge in [-0.15, -0.1) is 0 Å². The lowest BCUT2D eigenvalue weighted by Crippen LogP contribution is -2.36. The van der Waals surface area contributed by atoms with E-state index in [1.807, 2.05) is 11.0 Å². The summed E-state index contributed by atoms with van der Waals surface area (Å²) < 4.78 is 43.5. The third-order valence-corrected chi connectivity index (χ3v) is 6.51. The largest absolute Gasteiger partial charge is 0.337 e. The molecule has 4 nitrogen and oxygen atoms in total. The SMILES string of the molecule is O=C(c1nn(-c2ccc(F)cc2F)c2c1CCC2Cc1cccc(F)c1)N1CCCCC1. The van der Waals surface area contributed by atoms with E-state index < -0.39 is 11.6 Å². The maximum atomic E-state index is 14.7. The Labute approximate surface area is 184 Å². The monoisotopic (exact) mass is 439 g/mol. The highest BCUT2D eigenvalue weighted by atomic mass is 19.1. The minimum Gasteiger partial charge on any atom is -0.337 e. The Kier molecular flexibility index (Phi) is 5.49. The molecule has 1 aromatic heterocycles. The van der Waals surface area contributed by atoms with E-state index in [0.29, 0.717) is 31.6 Å². The summed E-state index contributed by atoms with van der Waals surface area (Å²) in [5, 5.41) is 4.57. The van der Waals surface area contributed by atoms with E-state index in [1.54, 1.807) is 6.07 Å². The predicted octanol–water partition coefficient (Wildman–Crippen LogP) is 5.19. The molecule has 5 rings (SSSR count). The highest BCUT2D eigenvalue weighted by Crippen LogP contribution is 2.39. The van der Waals surface area contributed by atoms with Crippen molar-refractivity contribution < 1.29 is 18.0 Å². The normalized spacial score (nSPS) is 18.1. The van der Waals surface area contributed by atoms with Crippen molar-refractivity contribution in [3.05, 3.63) is 82.4 Å². The molecular weight excluding hydrogens is 415 g/mol. The van der Waals surface area contributed by atoms with Crippen LogP contribution in [0.15, 0.2) is 42.5 Å². The molecule has 3 aromatic rings. The molecule has 166 valence electrons. The molecule has 1 aliphatic carbocycles. The lowest BCUT2D eigenvalue weighted by molar-refractivity contribution is 0.0716. The number of hydrogen-bond donors (Lipinski definition) is 0. The second-order valence-corrected chi connectivity index (χ2v) is 8.64. The average Bonchev–Trinajstić information content (AvgIpc) is 3.35. The summed E-state index contributed by atoms with van der Waals surface area (Å²) in [6, 6.07) is 9.79. The number of piperidine rings is 1. The molecule has 2 aliphatic rings. The summed E-state index contributed by atoms with van der Waals surface area (Å²) >= 11 is 0. The molecule has 2 heterocycles. The summed E-state index contributed by atoms with van der Waals surface area (Å²) in [4.78, 5) is 15.1. The van der Waals surface area contributed by atoms with Crippen LogP contribution in [-0.4, -0.2) is 33.7 Å². The average molecular weight is 439 g/mol. The first-order valence-corrected chi connectivity index (χ1v) is 11.1. The summed E-state index contributed by atoms with van der Waals surface area (Å²) in [5.74, 6) is -1.89. The summed E-state index contributed by atoms with van der Waals surface area (Å²) in [7, 11) is 0. The Morgan fingerprint density at radius 1 is 1.00 bits per heavy atom. The zero-order valence-corrected chi connectivity index (χ0v) is 17.7. The van der Waals surface area contributed by atoms with Gasteiger partial charge >= 0.3 is 0 Å². The van der Waals surface area contributed by atoms with E-state index in [4.69, 9.17) is 0 Å². The molecule has 1 atom stereocenters. The van der Waals surface area contributed by atoms with Crippen molar-refractivity contribution >= 4 is 5.91 Å². The summed E-state index contributed by atoms with van der Waals surface area (Å²) in [5.41, 5.74) is 2.89. The van der Waals surface area contributed by atoms with Gasteiger partial charge in [0.1, 0.15) is 17.3 Å². The van der Waals surface area contributed by atoms with Gasteiger partial charge in [-0.05, 0) is 68.4 Å². The van der Waals surface area contributed by atoms with Crippen molar-refractivity contribution in [2.75, 3.05) is 13.1 Å². The Morgan fingerprint density at radius 3 is 2.53 bits per heavy atom. The van der Waals surface area contributed by atoms with Crippen molar-refractivity contribution in [1.29, 1.82) is 0 Å². The van der Waals surface area contributed by atoms with Gasteiger partial charge in [-0.25, -0.2) is 17.9 Å². The van der Waals surface area contributed by atoms with Crippen LogP contribution in [0.3, 0.4) is 0 Å². The molecule has 1 saturated heterocycles. The molecule has 1 amide bonds. The van der Waals surface area contributed by atoms with Crippen molar-refractivity contribution in [2.24, 2.45) is 0 Å². The van der Waals surface area contributed by atoms with Gasteiger partial charge in [-0.3, -0.25) is 4.79 Å². The Morgan fingerprint density at radius 2 is 1.78 bits per heavy atom. The van der Waals surface area contributed by atoms with Gasteiger partial charge in [0, 0.05) is 30.6 Å². The van der Waals surface area contributed by atoms with E-state index in [0.717, 1.165) is 48.6 Å². The number of nitrogens with zero attached hydrogens (tertiary/aromatic N) is 3. The topological polar surface area (TPSA) is 38.1 Å². The number of aromatic nitrogens is 2. The number of carbonyl (C=O) groups is 1. The third-order valence-electron chi connectivity index (χ3n) is 6.51. The minimum atomic E-state index is -0.733. The van der Waals surface area contributed by atoms with Crippen LogP contribution in [0.5, 0.6) is 0 Å². The first kappa shape index (κ1) is 20.8. The Hall–Kier alpha value is -3.09. The predicted molar refractivity (Wildman–Crippen MR) is 114 cm³/mol. The van der Waals surface area contributed by atoms with Crippen LogP contribution in [0.25, 0.3) is 5.69 Å². The summed E-state index contributed by atoms with van der Waals surface area (Å²) in [6.45, 7) is 1.39. The number of carbonyl (C=O) groups excluding carboxylic acids is 1. The van der Waals surface area contributed by atoms with E-state index in [2.05, 4.69) is 5.10 Å². The third kappa shape index (κ3) is 3.80. The molecule has 32 heavy (non-hydrogen) atoms. The van der Waals surface area contributed by atoms with Crippen molar-refractivity contribution in [3.8, 4) is 5.69 Å². The van der Waals surface area contributed by atoms with Crippen LogP contribution in [-0.2, 0) is 12.8 Å². The van der Waals surface area contributed by atoms with Gasteiger partial charge in [-0.2, -0.15) is 5.10 Å².